The zero-order valence-corrected chi connectivity index (χ0v) is 15.1. The molecule has 3 rings (SSSR count). The lowest BCUT2D eigenvalue weighted by atomic mass is 10.3. The minimum Gasteiger partial charge on any atom is -0.492 e. The summed E-state index contributed by atoms with van der Waals surface area (Å²) in [6, 6.07) is 9.32. The number of ether oxygens (including phenoxy) is 1. The molecule has 1 aromatic carbocycles. The molecule has 128 valence electrons. The topological polar surface area (TPSA) is 32.8 Å². The number of hydrogen-bond acceptors (Lipinski definition) is 4. The lowest BCUT2D eigenvalue weighted by Gasteiger charge is -2.21. The molecular formula is C18H21ClN2O2S. The summed E-state index contributed by atoms with van der Waals surface area (Å²) in [6.45, 7) is 4.99. The fourth-order valence-electron chi connectivity index (χ4n) is 2.79. The number of hydrogen-bond donors (Lipinski definition) is 0. The number of amides is 1. The molecule has 0 spiro atoms. The van der Waals surface area contributed by atoms with Gasteiger partial charge in [-0.05, 0) is 42.1 Å². The molecule has 4 nitrogen and oxygen atoms in total. The van der Waals surface area contributed by atoms with E-state index < -0.39 is 0 Å². The number of thiophene rings is 1. The minimum atomic E-state index is 0.149. The molecule has 0 radical (unpaired) electrons. The number of halogens is 1. The molecule has 0 aliphatic carbocycles. The van der Waals surface area contributed by atoms with E-state index in [-0.39, 0.29) is 5.91 Å². The van der Waals surface area contributed by atoms with Crippen molar-refractivity contribution in [2.75, 3.05) is 39.3 Å². The van der Waals surface area contributed by atoms with E-state index in [1.807, 2.05) is 46.0 Å². The standard InChI is InChI=1S/C18H21ClN2O2S/c19-16-2-4-17(5-3-16)23-12-11-20-7-1-8-21(10-9-20)18(22)15-6-13-24-14-15/h2-6,13-14H,1,7-12H2. The largest absolute Gasteiger partial charge is 0.492 e. The van der Waals surface area contributed by atoms with Gasteiger partial charge in [-0.25, -0.2) is 0 Å². The molecule has 0 saturated carbocycles. The van der Waals surface area contributed by atoms with Crippen LogP contribution in [0.2, 0.25) is 5.02 Å². The van der Waals surface area contributed by atoms with E-state index in [0.717, 1.165) is 50.5 Å². The van der Waals surface area contributed by atoms with Gasteiger partial charge in [-0.1, -0.05) is 11.6 Å². The van der Waals surface area contributed by atoms with Crippen LogP contribution in [-0.4, -0.2) is 55.0 Å². The molecule has 6 heteroatoms. The zero-order chi connectivity index (χ0) is 16.8. The van der Waals surface area contributed by atoms with Gasteiger partial charge >= 0.3 is 0 Å². The van der Waals surface area contributed by atoms with E-state index in [1.165, 1.54) is 0 Å². The summed E-state index contributed by atoms with van der Waals surface area (Å²) < 4.78 is 5.76. The first kappa shape index (κ1) is 17.3. The van der Waals surface area contributed by atoms with Crippen molar-refractivity contribution in [2.45, 2.75) is 6.42 Å². The van der Waals surface area contributed by atoms with Crippen molar-refractivity contribution in [1.82, 2.24) is 9.80 Å². The maximum absolute atomic E-state index is 12.4. The summed E-state index contributed by atoms with van der Waals surface area (Å²) >= 11 is 7.43. The summed E-state index contributed by atoms with van der Waals surface area (Å²) in [7, 11) is 0. The van der Waals surface area contributed by atoms with Crippen LogP contribution in [-0.2, 0) is 0 Å². The Labute approximate surface area is 151 Å². The molecule has 0 N–H and O–H groups in total. The third-order valence-electron chi connectivity index (χ3n) is 4.13. The van der Waals surface area contributed by atoms with Crippen molar-refractivity contribution in [2.24, 2.45) is 0 Å². The number of carbonyl (C=O) groups excluding carboxylic acids is 1. The first-order chi connectivity index (χ1) is 11.7. The second-order valence-corrected chi connectivity index (χ2v) is 7.02. The third-order valence-corrected chi connectivity index (χ3v) is 5.07. The van der Waals surface area contributed by atoms with E-state index in [0.29, 0.717) is 11.6 Å². The van der Waals surface area contributed by atoms with Crippen molar-refractivity contribution < 1.29 is 9.53 Å². The van der Waals surface area contributed by atoms with Gasteiger partial charge in [0.25, 0.3) is 5.91 Å². The molecule has 1 aromatic heterocycles. The first-order valence-electron chi connectivity index (χ1n) is 8.14. The summed E-state index contributed by atoms with van der Waals surface area (Å²) in [5, 5.41) is 4.58. The van der Waals surface area contributed by atoms with Crippen LogP contribution < -0.4 is 4.74 Å². The molecular weight excluding hydrogens is 344 g/mol. The van der Waals surface area contributed by atoms with Crippen molar-refractivity contribution in [3.63, 3.8) is 0 Å². The highest BCUT2D eigenvalue weighted by Crippen LogP contribution is 2.16. The monoisotopic (exact) mass is 364 g/mol. The number of nitrogens with zero attached hydrogens (tertiary/aromatic N) is 2. The molecule has 1 fully saturated rings. The maximum Gasteiger partial charge on any atom is 0.254 e. The number of rotatable bonds is 5. The van der Waals surface area contributed by atoms with Gasteiger partial charge in [-0.3, -0.25) is 9.69 Å². The summed E-state index contributed by atoms with van der Waals surface area (Å²) in [6.07, 6.45) is 0.997. The van der Waals surface area contributed by atoms with E-state index >= 15 is 0 Å². The van der Waals surface area contributed by atoms with E-state index in [9.17, 15) is 4.79 Å². The van der Waals surface area contributed by atoms with Crippen molar-refractivity contribution in [1.29, 1.82) is 0 Å². The van der Waals surface area contributed by atoms with Gasteiger partial charge in [-0.2, -0.15) is 11.3 Å². The molecule has 0 bridgehead atoms. The highest BCUT2D eigenvalue weighted by atomic mass is 35.5. The van der Waals surface area contributed by atoms with Gasteiger partial charge in [0, 0.05) is 43.1 Å². The fourth-order valence-corrected chi connectivity index (χ4v) is 3.55. The molecule has 1 aliphatic heterocycles. The van der Waals surface area contributed by atoms with Crippen LogP contribution >= 0.6 is 22.9 Å². The van der Waals surface area contributed by atoms with Crippen LogP contribution in [0.25, 0.3) is 0 Å². The lowest BCUT2D eigenvalue weighted by molar-refractivity contribution is 0.0761. The maximum atomic E-state index is 12.4. The molecule has 0 atom stereocenters. The predicted octanol–water partition coefficient (Wildman–Crippen LogP) is 3.63. The van der Waals surface area contributed by atoms with Crippen LogP contribution in [0.4, 0.5) is 0 Å². The van der Waals surface area contributed by atoms with Gasteiger partial charge < -0.3 is 9.64 Å². The molecule has 24 heavy (non-hydrogen) atoms. The first-order valence-corrected chi connectivity index (χ1v) is 9.46. The van der Waals surface area contributed by atoms with Crippen LogP contribution in [0.3, 0.4) is 0 Å². The van der Waals surface area contributed by atoms with Gasteiger partial charge in [0.15, 0.2) is 0 Å². The minimum absolute atomic E-state index is 0.149. The number of carbonyl (C=O) groups is 1. The summed E-state index contributed by atoms with van der Waals surface area (Å²) in [5.74, 6) is 0.985. The van der Waals surface area contributed by atoms with E-state index in [2.05, 4.69) is 4.90 Å². The second-order valence-electron chi connectivity index (χ2n) is 5.80. The highest BCUT2D eigenvalue weighted by Gasteiger charge is 2.20. The Bertz CT molecular complexity index is 646. The predicted molar refractivity (Wildman–Crippen MR) is 98.2 cm³/mol. The average molecular weight is 365 g/mol. The fraction of sp³-hybridized carbons (Fsp3) is 0.389. The Morgan fingerprint density at radius 3 is 2.71 bits per heavy atom. The Morgan fingerprint density at radius 2 is 1.96 bits per heavy atom. The summed E-state index contributed by atoms with van der Waals surface area (Å²) in [4.78, 5) is 16.7. The van der Waals surface area contributed by atoms with Crippen molar-refractivity contribution in [3.8, 4) is 5.75 Å². The van der Waals surface area contributed by atoms with Gasteiger partial charge in [0.1, 0.15) is 12.4 Å². The SMILES string of the molecule is O=C(c1ccsc1)N1CCCN(CCOc2ccc(Cl)cc2)CC1. The average Bonchev–Trinajstić information content (AvgIpc) is 3.03. The van der Waals surface area contributed by atoms with Crippen LogP contribution in [0.15, 0.2) is 41.1 Å². The van der Waals surface area contributed by atoms with Crippen molar-refractivity contribution >= 4 is 28.8 Å². The van der Waals surface area contributed by atoms with Crippen LogP contribution in [0.1, 0.15) is 16.8 Å². The van der Waals surface area contributed by atoms with E-state index in [1.54, 1.807) is 11.3 Å². The highest BCUT2D eigenvalue weighted by molar-refractivity contribution is 7.08. The van der Waals surface area contributed by atoms with Crippen LogP contribution in [0.5, 0.6) is 5.75 Å². The normalized spacial score (nSPS) is 16.0. The zero-order valence-electron chi connectivity index (χ0n) is 13.5. The molecule has 1 amide bonds. The quantitative estimate of drug-likeness (QED) is 0.812. The molecule has 1 saturated heterocycles. The Morgan fingerprint density at radius 1 is 1.12 bits per heavy atom. The second kappa shape index (κ2) is 8.51. The Kier molecular flexibility index (Phi) is 6.12. The van der Waals surface area contributed by atoms with Gasteiger partial charge in [0.2, 0.25) is 0 Å². The third kappa shape index (κ3) is 4.72. The molecule has 0 unspecified atom stereocenters. The van der Waals surface area contributed by atoms with Gasteiger partial charge in [-0.15, -0.1) is 0 Å². The van der Waals surface area contributed by atoms with Gasteiger partial charge in [0.05, 0.1) is 5.56 Å². The lowest BCUT2D eigenvalue weighted by Crippen LogP contribution is -2.36. The smallest absolute Gasteiger partial charge is 0.254 e. The number of benzene rings is 1. The van der Waals surface area contributed by atoms with Crippen LogP contribution in [0, 0.1) is 0 Å². The summed E-state index contributed by atoms with van der Waals surface area (Å²) in [5.41, 5.74) is 0.805. The Balaban J connectivity index is 1.44. The Hall–Kier alpha value is -1.56. The molecule has 1 aliphatic rings. The molecule has 2 heterocycles. The molecule has 2 aromatic rings. The van der Waals surface area contributed by atoms with Crippen molar-refractivity contribution in [3.05, 3.63) is 51.7 Å². The van der Waals surface area contributed by atoms with E-state index in [4.69, 9.17) is 16.3 Å².